The lowest BCUT2D eigenvalue weighted by Gasteiger charge is -2.38. The standard InChI is InChI=1S/C8H14F2N2/c1-12-4-6-2-11-3-7(6)8(9,10)5-12/h6-7,11H,2-5H2,1H3. The first-order valence-electron chi connectivity index (χ1n) is 4.37. The van der Waals surface area contributed by atoms with Crippen molar-refractivity contribution in [1.29, 1.82) is 0 Å². The van der Waals surface area contributed by atoms with Crippen LogP contribution in [0.25, 0.3) is 0 Å². The van der Waals surface area contributed by atoms with Crippen molar-refractivity contribution in [3.05, 3.63) is 0 Å². The first-order valence-corrected chi connectivity index (χ1v) is 4.37. The Balaban J connectivity index is 2.15. The van der Waals surface area contributed by atoms with Crippen molar-refractivity contribution in [1.82, 2.24) is 10.2 Å². The van der Waals surface area contributed by atoms with Gasteiger partial charge < -0.3 is 10.2 Å². The predicted molar refractivity (Wildman–Crippen MR) is 42.3 cm³/mol. The molecular weight excluding hydrogens is 162 g/mol. The van der Waals surface area contributed by atoms with Crippen molar-refractivity contribution < 1.29 is 8.78 Å². The van der Waals surface area contributed by atoms with Gasteiger partial charge in [0.25, 0.3) is 5.92 Å². The summed E-state index contributed by atoms with van der Waals surface area (Å²) in [7, 11) is 1.77. The summed E-state index contributed by atoms with van der Waals surface area (Å²) in [6, 6.07) is 0. The van der Waals surface area contributed by atoms with Crippen molar-refractivity contribution in [3.63, 3.8) is 0 Å². The molecule has 2 nitrogen and oxygen atoms in total. The minimum Gasteiger partial charge on any atom is -0.316 e. The Morgan fingerprint density at radius 3 is 2.92 bits per heavy atom. The normalized spacial score (nSPS) is 41.2. The minimum absolute atomic E-state index is 0.0736. The third-order valence-electron chi connectivity index (χ3n) is 2.91. The third kappa shape index (κ3) is 1.23. The van der Waals surface area contributed by atoms with Crippen molar-refractivity contribution in [2.75, 3.05) is 33.2 Å². The van der Waals surface area contributed by atoms with Gasteiger partial charge in [-0.1, -0.05) is 0 Å². The quantitative estimate of drug-likeness (QED) is 0.575. The summed E-state index contributed by atoms with van der Waals surface area (Å²) < 4.78 is 26.7. The number of rotatable bonds is 0. The van der Waals surface area contributed by atoms with Crippen LogP contribution in [-0.4, -0.2) is 44.0 Å². The molecule has 0 aliphatic carbocycles. The number of halogens is 2. The number of nitrogens with one attached hydrogen (secondary N) is 1. The van der Waals surface area contributed by atoms with Crippen LogP contribution in [0.4, 0.5) is 8.78 Å². The molecule has 70 valence electrons. The first-order chi connectivity index (χ1) is 5.59. The Morgan fingerprint density at radius 2 is 2.17 bits per heavy atom. The highest BCUT2D eigenvalue weighted by Crippen LogP contribution is 2.37. The van der Waals surface area contributed by atoms with Crippen molar-refractivity contribution in [2.24, 2.45) is 11.8 Å². The maximum atomic E-state index is 13.3. The van der Waals surface area contributed by atoms with Gasteiger partial charge in [-0.05, 0) is 19.5 Å². The second-order valence-corrected chi connectivity index (χ2v) is 3.98. The predicted octanol–water partition coefficient (Wildman–Crippen LogP) is 0.403. The fourth-order valence-electron chi connectivity index (χ4n) is 2.36. The number of likely N-dealkylation sites (tertiary alicyclic amines) is 1. The van der Waals surface area contributed by atoms with E-state index in [4.69, 9.17) is 0 Å². The Bertz CT molecular complexity index is 184. The summed E-state index contributed by atoms with van der Waals surface area (Å²) in [5.41, 5.74) is 0. The molecule has 2 aliphatic rings. The monoisotopic (exact) mass is 176 g/mol. The van der Waals surface area contributed by atoms with E-state index in [-0.39, 0.29) is 12.5 Å². The number of piperidine rings is 1. The molecule has 2 fully saturated rings. The second kappa shape index (κ2) is 2.64. The third-order valence-corrected chi connectivity index (χ3v) is 2.91. The highest BCUT2D eigenvalue weighted by atomic mass is 19.3. The number of alkyl halides is 2. The van der Waals surface area contributed by atoms with Crippen LogP contribution in [-0.2, 0) is 0 Å². The summed E-state index contributed by atoms with van der Waals surface area (Å²) in [5, 5.41) is 3.03. The summed E-state index contributed by atoms with van der Waals surface area (Å²) >= 11 is 0. The zero-order chi connectivity index (χ0) is 8.77. The lowest BCUT2D eigenvalue weighted by molar-refractivity contribution is -0.115. The molecule has 2 heterocycles. The van der Waals surface area contributed by atoms with E-state index >= 15 is 0 Å². The summed E-state index contributed by atoms with van der Waals surface area (Å²) in [5.74, 6) is -2.76. The molecule has 0 aromatic rings. The SMILES string of the molecule is CN1CC2CNCC2C(F)(F)C1. The van der Waals surface area contributed by atoms with E-state index in [0.717, 1.165) is 13.1 Å². The lowest BCUT2D eigenvalue weighted by atomic mass is 9.86. The molecule has 0 aromatic heterocycles. The fourth-order valence-corrected chi connectivity index (χ4v) is 2.36. The van der Waals surface area contributed by atoms with E-state index in [2.05, 4.69) is 5.32 Å². The summed E-state index contributed by atoms with van der Waals surface area (Å²) in [6.45, 7) is 1.99. The van der Waals surface area contributed by atoms with Crippen LogP contribution in [0.1, 0.15) is 0 Å². The van der Waals surface area contributed by atoms with E-state index < -0.39 is 11.8 Å². The Kier molecular flexibility index (Phi) is 1.84. The second-order valence-electron chi connectivity index (χ2n) is 3.98. The van der Waals surface area contributed by atoms with E-state index in [1.165, 1.54) is 0 Å². The van der Waals surface area contributed by atoms with Crippen LogP contribution in [0.3, 0.4) is 0 Å². The van der Waals surface area contributed by atoms with Gasteiger partial charge in [-0.3, -0.25) is 0 Å². The zero-order valence-electron chi connectivity index (χ0n) is 7.19. The highest BCUT2D eigenvalue weighted by Gasteiger charge is 2.50. The maximum Gasteiger partial charge on any atom is 0.264 e. The number of fused-ring (bicyclic) bond motifs is 1. The number of nitrogens with zero attached hydrogens (tertiary/aromatic N) is 1. The minimum atomic E-state index is -2.48. The fraction of sp³-hybridized carbons (Fsp3) is 1.00. The molecule has 2 atom stereocenters. The molecule has 0 radical (unpaired) electrons. The molecule has 0 spiro atoms. The van der Waals surface area contributed by atoms with E-state index in [1.54, 1.807) is 11.9 Å². The molecule has 2 unspecified atom stereocenters. The highest BCUT2D eigenvalue weighted by molar-refractivity contribution is 4.96. The van der Waals surface area contributed by atoms with Gasteiger partial charge in [-0.2, -0.15) is 0 Å². The van der Waals surface area contributed by atoms with Crippen LogP contribution in [0.5, 0.6) is 0 Å². The van der Waals surface area contributed by atoms with Crippen LogP contribution < -0.4 is 5.32 Å². The number of hydrogen-bond acceptors (Lipinski definition) is 2. The van der Waals surface area contributed by atoms with Crippen LogP contribution >= 0.6 is 0 Å². The molecule has 0 saturated carbocycles. The van der Waals surface area contributed by atoms with Gasteiger partial charge in [0.2, 0.25) is 0 Å². The topological polar surface area (TPSA) is 15.3 Å². The molecule has 0 bridgehead atoms. The molecule has 0 aromatic carbocycles. The smallest absolute Gasteiger partial charge is 0.264 e. The van der Waals surface area contributed by atoms with Gasteiger partial charge in [0.15, 0.2) is 0 Å². The molecular formula is C8H14F2N2. The van der Waals surface area contributed by atoms with Crippen molar-refractivity contribution in [3.8, 4) is 0 Å². The average molecular weight is 176 g/mol. The van der Waals surface area contributed by atoms with Crippen LogP contribution in [0.2, 0.25) is 0 Å². The largest absolute Gasteiger partial charge is 0.316 e. The number of hydrogen-bond donors (Lipinski definition) is 1. The molecule has 2 saturated heterocycles. The zero-order valence-corrected chi connectivity index (χ0v) is 7.19. The van der Waals surface area contributed by atoms with Crippen molar-refractivity contribution in [2.45, 2.75) is 5.92 Å². The molecule has 2 rings (SSSR count). The van der Waals surface area contributed by atoms with Gasteiger partial charge in [0.05, 0.1) is 6.54 Å². The van der Waals surface area contributed by atoms with Crippen LogP contribution in [0.15, 0.2) is 0 Å². The van der Waals surface area contributed by atoms with Gasteiger partial charge in [0.1, 0.15) is 0 Å². The van der Waals surface area contributed by atoms with Gasteiger partial charge >= 0.3 is 0 Å². The molecule has 2 aliphatic heterocycles. The van der Waals surface area contributed by atoms with E-state index in [1.807, 2.05) is 0 Å². The lowest BCUT2D eigenvalue weighted by Crippen LogP contribution is -2.51. The van der Waals surface area contributed by atoms with Gasteiger partial charge in [0, 0.05) is 19.0 Å². The Morgan fingerprint density at radius 1 is 1.42 bits per heavy atom. The molecule has 12 heavy (non-hydrogen) atoms. The molecule has 4 heteroatoms. The van der Waals surface area contributed by atoms with Gasteiger partial charge in [-0.15, -0.1) is 0 Å². The summed E-state index contributed by atoms with van der Waals surface area (Å²) in [6.07, 6.45) is 0. The van der Waals surface area contributed by atoms with Gasteiger partial charge in [-0.25, -0.2) is 8.78 Å². The molecule has 0 amide bonds. The Hall–Kier alpha value is -0.220. The van der Waals surface area contributed by atoms with E-state index in [0.29, 0.717) is 6.54 Å². The molecule has 1 N–H and O–H groups in total. The summed E-state index contributed by atoms with van der Waals surface area (Å²) in [4.78, 5) is 1.73. The maximum absolute atomic E-state index is 13.3. The van der Waals surface area contributed by atoms with Crippen LogP contribution in [0, 0.1) is 11.8 Å². The van der Waals surface area contributed by atoms with E-state index in [9.17, 15) is 8.78 Å². The van der Waals surface area contributed by atoms with Crippen molar-refractivity contribution >= 4 is 0 Å². The first kappa shape index (κ1) is 8.38. The average Bonchev–Trinajstić information content (AvgIpc) is 2.32. The Labute approximate surface area is 70.9 Å².